The molecule has 1 aliphatic rings. The Kier molecular flexibility index (Phi) is 4.31. The van der Waals surface area contributed by atoms with Crippen LogP contribution in [-0.4, -0.2) is 11.6 Å². The summed E-state index contributed by atoms with van der Waals surface area (Å²) in [5.74, 6) is 2.59. The first-order chi connectivity index (χ1) is 10.1. The number of ether oxygens (including phenoxy) is 1. The van der Waals surface area contributed by atoms with Crippen LogP contribution in [0.3, 0.4) is 0 Å². The average Bonchev–Trinajstić information content (AvgIpc) is 2.67. The van der Waals surface area contributed by atoms with E-state index in [0.29, 0.717) is 6.54 Å². The maximum absolute atomic E-state index is 5.83. The van der Waals surface area contributed by atoms with Crippen LogP contribution in [0.2, 0.25) is 0 Å². The number of hydrogen-bond acceptors (Lipinski definition) is 4. The smallest absolute Gasteiger partial charge is 0.208 e. The van der Waals surface area contributed by atoms with Crippen LogP contribution in [0.25, 0.3) is 0 Å². The summed E-state index contributed by atoms with van der Waals surface area (Å²) >= 11 is 3.50. The quantitative estimate of drug-likeness (QED) is 0.906. The molecule has 0 radical (unpaired) electrons. The van der Waals surface area contributed by atoms with Crippen LogP contribution in [-0.2, 0) is 6.54 Å². The lowest BCUT2D eigenvalue weighted by molar-refractivity contribution is 0.314. The number of oxazole rings is 1. The first-order valence-electron chi connectivity index (χ1n) is 7.22. The van der Waals surface area contributed by atoms with Gasteiger partial charge in [0.25, 0.3) is 0 Å². The normalized spacial score (nSPS) is 18.0. The van der Waals surface area contributed by atoms with E-state index in [9.17, 15) is 0 Å². The van der Waals surface area contributed by atoms with Crippen LogP contribution < -0.4 is 10.1 Å². The number of aromatic nitrogens is 1. The maximum Gasteiger partial charge on any atom is 0.208 e. The van der Waals surface area contributed by atoms with Gasteiger partial charge in [-0.1, -0.05) is 22.0 Å². The second kappa shape index (κ2) is 6.20. The second-order valence-electron chi connectivity index (χ2n) is 5.36. The van der Waals surface area contributed by atoms with Crippen LogP contribution >= 0.6 is 15.9 Å². The minimum Gasteiger partial charge on any atom is -0.493 e. The van der Waals surface area contributed by atoms with E-state index >= 15 is 0 Å². The van der Waals surface area contributed by atoms with E-state index in [2.05, 4.69) is 38.4 Å². The van der Waals surface area contributed by atoms with Crippen LogP contribution in [0.4, 0.5) is 0 Å². The lowest BCUT2D eigenvalue weighted by atomic mass is 10.0. The van der Waals surface area contributed by atoms with E-state index in [0.717, 1.165) is 47.0 Å². The molecule has 5 heteroatoms. The number of benzene rings is 1. The molecule has 1 aromatic heterocycles. The summed E-state index contributed by atoms with van der Waals surface area (Å²) in [4.78, 5) is 4.42. The van der Waals surface area contributed by atoms with Crippen LogP contribution in [0, 0.1) is 13.8 Å². The van der Waals surface area contributed by atoms with Gasteiger partial charge in [-0.2, -0.15) is 0 Å². The van der Waals surface area contributed by atoms with Gasteiger partial charge in [0.05, 0.1) is 18.8 Å². The van der Waals surface area contributed by atoms with Crippen molar-refractivity contribution in [3.63, 3.8) is 0 Å². The van der Waals surface area contributed by atoms with Crippen molar-refractivity contribution >= 4 is 15.9 Å². The zero-order valence-corrected chi connectivity index (χ0v) is 13.9. The molecule has 0 saturated heterocycles. The third-order valence-corrected chi connectivity index (χ3v) is 4.31. The number of nitrogens with zero attached hydrogens (tertiary/aromatic N) is 1. The monoisotopic (exact) mass is 350 g/mol. The minimum absolute atomic E-state index is 0.267. The third-order valence-electron chi connectivity index (χ3n) is 3.82. The predicted octanol–water partition coefficient (Wildman–Crippen LogP) is 4.06. The number of nitrogens with one attached hydrogen (secondary N) is 1. The Morgan fingerprint density at radius 1 is 1.38 bits per heavy atom. The number of aryl methyl sites for hydroxylation is 2. The van der Waals surface area contributed by atoms with Gasteiger partial charge in [-0.15, -0.1) is 0 Å². The van der Waals surface area contributed by atoms with Crippen molar-refractivity contribution in [3.05, 3.63) is 45.6 Å². The standard InChI is InChI=1S/C16H19BrN2O2/c1-10-11(2)21-16(19-10)9-18-14-4-3-7-20-15-8-12(17)5-6-13(14)15/h5-6,8,14,18H,3-4,7,9H2,1-2H3. The summed E-state index contributed by atoms with van der Waals surface area (Å²) in [7, 11) is 0. The zero-order valence-electron chi connectivity index (χ0n) is 12.3. The summed E-state index contributed by atoms with van der Waals surface area (Å²) in [5.41, 5.74) is 2.16. The molecule has 0 aliphatic carbocycles. The molecule has 0 spiro atoms. The molecule has 0 amide bonds. The number of hydrogen-bond donors (Lipinski definition) is 1. The Morgan fingerprint density at radius 3 is 3.00 bits per heavy atom. The third kappa shape index (κ3) is 3.30. The van der Waals surface area contributed by atoms with E-state index in [1.54, 1.807) is 0 Å². The lowest BCUT2D eigenvalue weighted by Gasteiger charge is -2.17. The Hall–Kier alpha value is -1.33. The maximum atomic E-state index is 5.83. The van der Waals surface area contributed by atoms with Crippen molar-refractivity contribution in [1.82, 2.24) is 10.3 Å². The van der Waals surface area contributed by atoms with Gasteiger partial charge >= 0.3 is 0 Å². The first-order valence-corrected chi connectivity index (χ1v) is 8.01. The van der Waals surface area contributed by atoms with Gasteiger partial charge < -0.3 is 14.5 Å². The number of halogens is 1. The highest BCUT2D eigenvalue weighted by Gasteiger charge is 2.20. The molecule has 4 nitrogen and oxygen atoms in total. The van der Waals surface area contributed by atoms with Gasteiger partial charge in [-0.05, 0) is 38.8 Å². The van der Waals surface area contributed by atoms with Crippen LogP contribution in [0.5, 0.6) is 5.75 Å². The van der Waals surface area contributed by atoms with E-state index in [4.69, 9.17) is 9.15 Å². The van der Waals surface area contributed by atoms with Crippen molar-refractivity contribution < 1.29 is 9.15 Å². The zero-order chi connectivity index (χ0) is 14.8. The minimum atomic E-state index is 0.267. The van der Waals surface area contributed by atoms with Crippen molar-refractivity contribution in [2.75, 3.05) is 6.61 Å². The van der Waals surface area contributed by atoms with Crippen molar-refractivity contribution in [2.24, 2.45) is 0 Å². The average molecular weight is 351 g/mol. The van der Waals surface area contributed by atoms with E-state index in [1.807, 2.05) is 19.9 Å². The van der Waals surface area contributed by atoms with E-state index in [-0.39, 0.29) is 6.04 Å². The highest BCUT2D eigenvalue weighted by Crippen LogP contribution is 2.33. The van der Waals surface area contributed by atoms with Gasteiger partial charge in [0.1, 0.15) is 11.5 Å². The Bertz CT molecular complexity index is 620. The molecule has 0 fully saturated rings. The molecule has 1 aliphatic heterocycles. The predicted molar refractivity (Wildman–Crippen MR) is 84.4 cm³/mol. The Labute approximate surface area is 133 Å². The highest BCUT2D eigenvalue weighted by atomic mass is 79.9. The fourth-order valence-electron chi connectivity index (χ4n) is 2.58. The van der Waals surface area contributed by atoms with Crippen molar-refractivity contribution in [1.29, 1.82) is 0 Å². The number of rotatable bonds is 3. The first kappa shape index (κ1) is 14.6. The SMILES string of the molecule is Cc1nc(CNC2CCCOc3cc(Br)ccc32)oc1C. The number of fused-ring (bicyclic) bond motifs is 1. The molecule has 0 saturated carbocycles. The summed E-state index contributed by atoms with van der Waals surface area (Å²) in [6, 6.07) is 6.48. The Balaban J connectivity index is 1.76. The molecule has 1 N–H and O–H groups in total. The Morgan fingerprint density at radius 2 is 2.24 bits per heavy atom. The summed E-state index contributed by atoms with van der Waals surface area (Å²) in [6.07, 6.45) is 2.08. The molecule has 112 valence electrons. The molecular weight excluding hydrogens is 332 g/mol. The molecular formula is C16H19BrN2O2. The molecule has 21 heavy (non-hydrogen) atoms. The molecule has 0 bridgehead atoms. The van der Waals surface area contributed by atoms with Gasteiger partial charge in [0, 0.05) is 16.1 Å². The van der Waals surface area contributed by atoms with Gasteiger partial charge in [-0.3, -0.25) is 0 Å². The summed E-state index contributed by atoms with van der Waals surface area (Å²) < 4.78 is 12.5. The van der Waals surface area contributed by atoms with Crippen LogP contribution in [0.1, 0.15) is 41.8 Å². The summed E-state index contributed by atoms with van der Waals surface area (Å²) in [6.45, 7) is 5.31. The van der Waals surface area contributed by atoms with Gasteiger partial charge in [-0.25, -0.2) is 4.98 Å². The molecule has 3 rings (SSSR count). The van der Waals surface area contributed by atoms with E-state index in [1.165, 1.54) is 5.56 Å². The van der Waals surface area contributed by atoms with E-state index < -0.39 is 0 Å². The van der Waals surface area contributed by atoms with Crippen LogP contribution in [0.15, 0.2) is 27.1 Å². The summed E-state index contributed by atoms with van der Waals surface area (Å²) in [5, 5.41) is 3.54. The fraction of sp³-hybridized carbons (Fsp3) is 0.438. The van der Waals surface area contributed by atoms with Crippen molar-refractivity contribution in [2.45, 2.75) is 39.3 Å². The van der Waals surface area contributed by atoms with Gasteiger partial charge in [0.15, 0.2) is 0 Å². The molecule has 1 aromatic carbocycles. The molecule has 1 atom stereocenters. The highest BCUT2D eigenvalue weighted by molar-refractivity contribution is 9.10. The second-order valence-corrected chi connectivity index (χ2v) is 6.27. The molecule has 2 aromatic rings. The fourth-order valence-corrected chi connectivity index (χ4v) is 2.92. The van der Waals surface area contributed by atoms with Crippen molar-refractivity contribution in [3.8, 4) is 5.75 Å². The molecule has 2 heterocycles. The van der Waals surface area contributed by atoms with Gasteiger partial charge in [0.2, 0.25) is 5.89 Å². The lowest BCUT2D eigenvalue weighted by Crippen LogP contribution is -2.20. The largest absolute Gasteiger partial charge is 0.493 e. The molecule has 1 unspecified atom stereocenters. The topological polar surface area (TPSA) is 47.3 Å².